The van der Waals surface area contributed by atoms with E-state index < -0.39 is 0 Å². The zero-order valence-corrected chi connectivity index (χ0v) is 16.5. The normalized spacial score (nSPS) is 17.0. The number of ether oxygens (including phenoxy) is 1. The summed E-state index contributed by atoms with van der Waals surface area (Å²) in [4.78, 5) is 18.1. The van der Waals surface area contributed by atoms with Gasteiger partial charge in [0, 0.05) is 32.6 Å². The zero-order chi connectivity index (χ0) is 19.6. The first kappa shape index (κ1) is 21.0. The lowest BCUT2D eigenvalue weighted by molar-refractivity contribution is -0.129. The number of hydrogen-bond acceptors (Lipinski definition) is 3. The van der Waals surface area contributed by atoms with Crippen molar-refractivity contribution in [2.75, 3.05) is 26.7 Å². The number of aliphatic imine (C=N–C) groups is 1. The third-order valence-electron chi connectivity index (χ3n) is 4.74. The van der Waals surface area contributed by atoms with Crippen molar-refractivity contribution in [1.82, 2.24) is 15.5 Å². The number of benzene rings is 1. The highest BCUT2D eigenvalue weighted by atomic mass is 19.1. The van der Waals surface area contributed by atoms with Gasteiger partial charge in [0.15, 0.2) is 17.5 Å². The summed E-state index contributed by atoms with van der Waals surface area (Å²) in [7, 11) is 1.71. The van der Waals surface area contributed by atoms with E-state index in [4.69, 9.17) is 4.74 Å². The largest absolute Gasteiger partial charge is 0.486 e. The number of halogens is 1. The van der Waals surface area contributed by atoms with Crippen LogP contribution in [0, 0.1) is 5.82 Å². The lowest BCUT2D eigenvalue weighted by Gasteiger charge is -2.27. The van der Waals surface area contributed by atoms with Gasteiger partial charge in [-0.25, -0.2) is 4.39 Å². The van der Waals surface area contributed by atoms with E-state index >= 15 is 0 Å². The monoisotopic (exact) mass is 378 g/mol. The van der Waals surface area contributed by atoms with Crippen molar-refractivity contribution in [2.45, 2.75) is 51.7 Å². The van der Waals surface area contributed by atoms with Crippen molar-refractivity contribution in [3.8, 4) is 5.75 Å². The fourth-order valence-corrected chi connectivity index (χ4v) is 3.25. The number of hydrogen-bond donors (Lipinski definition) is 2. The Morgan fingerprint density at radius 2 is 2.15 bits per heavy atom. The van der Waals surface area contributed by atoms with Crippen LogP contribution in [0.25, 0.3) is 0 Å². The molecule has 0 saturated carbocycles. The Kier molecular flexibility index (Phi) is 8.36. The zero-order valence-electron chi connectivity index (χ0n) is 16.5. The summed E-state index contributed by atoms with van der Waals surface area (Å²) < 4.78 is 19.3. The maximum absolute atomic E-state index is 13.6. The fourth-order valence-electron chi connectivity index (χ4n) is 3.25. The molecule has 7 heteroatoms. The van der Waals surface area contributed by atoms with Gasteiger partial charge in [-0.15, -0.1) is 0 Å². The Morgan fingerprint density at radius 3 is 2.78 bits per heavy atom. The Balaban J connectivity index is 1.72. The Hall–Kier alpha value is -2.31. The predicted molar refractivity (Wildman–Crippen MR) is 105 cm³/mol. The summed E-state index contributed by atoms with van der Waals surface area (Å²) in [5.74, 6) is 0.815. The van der Waals surface area contributed by atoms with Gasteiger partial charge in [-0.05, 0) is 38.3 Å². The smallest absolute Gasteiger partial charge is 0.222 e. The van der Waals surface area contributed by atoms with Crippen LogP contribution in [0.4, 0.5) is 4.39 Å². The topological polar surface area (TPSA) is 66.0 Å². The maximum atomic E-state index is 13.6. The molecule has 0 spiro atoms. The van der Waals surface area contributed by atoms with Gasteiger partial charge in [-0.2, -0.15) is 0 Å². The van der Waals surface area contributed by atoms with Gasteiger partial charge in [0.2, 0.25) is 5.91 Å². The molecule has 1 aliphatic rings. The average Bonchev–Trinajstić information content (AvgIpc) is 3.09. The summed E-state index contributed by atoms with van der Waals surface area (Å²) in [5.41, 5.74) is 0. The van der Waals surface area contributed by atoms with Crippen LogP contribution < -0.4 is 15.4 Å². The number of carbonyl (C=O) groups excluding carboxylic acids is 1. The average molecular weight is 378 g/mol. The van der Waals surface area contributed by atoms with Crippen LogP contribution in [0.15, 0.2) is 29.3 Å². The highest BCUT2D eigenvalue weighted by molar-refractivity contribution is 5.79. The van der Waals surface area contributed by atoms with Crippen LogP contribution in [0.3, 0.4) is 0 Å². The van der Waals surface area contributed by atoms with Crippen LogP contribution in [-0.4, -0.2) is 55.6 Å². The second kappa shape index (κ2) is 10.7. The molecule has 1 fully saturated rings. The summed E-state index contributed by atoms with van der Waals surface area (Å²) >= 11 is 0. The number of amides is 1. The van der Waals surface area contributed by atoms with Gasteiger partial charge < -0.3 is 20.3 Å². The van der Waals surface area contributed by atoms with E-state index in [0.29, 0.717) is 18.9 Å². The predicted octanol–water partition coefficient (Wildman–Crippen LogP) is 2.55. The number of nitrogens with zero attached hydrogens (tertiary/aromatic N) is 2. The maximum Gasteiger partial charge on any atom is 0.222 e. The van der Waals surface area contributed by atoms with Gasteiger partial charge >= 0.3 is 0 Å². The molecule has 27 heavy (non-hydrogen) atoms. The molecule has 2 rings (SSSR count). The van der Waals surface area contributed by atoms with E-state index in [1.165, 1.54) is 6.07 Å². The van der Waals surface area contributed by atoms with Crippen molar-refractivity contribution in [2.24, 2.45) is 4.99 Å². The lowest BCUT2D eigenvalue weighted by atomic mass is 10.1. The second-order valence-electron chi connectivity index (χ2n) is 6.78. The molecule has 6 nitrogen and oxygen atoms in total. The molecule has 150 valence electrons. The van der Waals surface area contributed by atoms with Crippen molar-refractivity contribution in [3.05, 3.63) is 30.1 Å². The first-order valence-corrected chi connectivity index (χ1v) is 9.70. The van der Waals surface area contributed by atoms with Gasteiger partial charge in [0.25, 0.3) is 0 Å². The summed E-state index contributed by atoms with van der Waals surface area (Å²) in [6.07, 6.45) is 3.25. The third-order valence-corrected chi connectivity index (χ3v) is 4.74. The van der Waals surface area contributed by atoms with E-state index in [1.807, 2.05) is 11.8 Å². The van der Waals surface area contributed by atoms with Crippen molar-refractivity contribution in [1.29, 1.82) is 0 Å². The number of likely N-dealkylation sites (tertiary alicyclic amines) is 1. The van der Waals surface area contributed by atoms with Crippen LogP contribution >= 0.6 is 0 Å². The third kappa shape index (κ3) is 6.41. The Bertz CT molecular complexity index is 638. The fraction of sp³-hybridized carbons (Fsp3) is 0.600. The van der Waals surface area contributed by atoms with Crippen LogP contribution in [-0.2, 0) is 4.79 Å². The summed E-state index contributed by atoms with van der Waals surface area (Å²) in [6.45, 7) is 6.08. The molecule has 0 bridgehead atoms. The Morgan fingerprint density at radius 1 is 1.37 bits per heavy atom. The minimum atomic E-state index is -0.367. The van der Waals surface area contributed by atoms with Gasteiger partial charge in [-0.3, -0.25) is 9.79 Å². The van der Waals surface area contributed by atoms with Gasteiger partial charge in [-0.1, -0.05) is 19.1 Å². The molecule has 1 heterocycles. The molecule has 1 amide bonds. The van der Waals surface area contributed by atoms with E-state index in [-0.39, 0.29) is 29.6 Å². The van der Waals surface area contributed by atoms with Gasteiger partial charge in [0.1, 0.15) is 6.10 Å². The molecule has 0 aliphatic carbocycles. The quantitative estimate of drug-likeness (QED) is 0.512. The number of para-hydroxylation sites is 1. The van der Waals surface area contributed by atoms with E-state index in [0.717, 1.165) is 32.4 Å². The first-order valence-electron chi connectivity index (χ1n) is 9.70. The highest BCUT2D eigenvalue weighted by Gasteiger charge is 2.26. The number of carbonyl (C=O) groups is 1. The minimum Gasteiger partial charge on any atom is -0.486 e. The van der Waals surface area contributed by atoms with Crippen LogP contribution in [0.1, 0.15) is 39.5 Å². The second-order valence-corrected chi connectivity index (χ2v) is 6.78. The number of guanidine groups is 1. The summed E-state index contributed by atoms with van der Waals surface area (Å²) in [6, 6.07) is 6.65. The molecule has 2 unspecified atom stereocenters. The van der Waals surface area contributed by atoms with Crippen molar-refractivity contribution in [3.63, 3.8) is 0 Å². The van der Waals surface area contributed by atoms with Crippen molar-refractivity contribution >= 4 is 11.9 Å². The summed E-state index contributed by atoms with van der Waals surface area (Å²) in [5, 5.41) is 6.46. The molecular formula is C20H31FN4O2. The van der Waals surface area contributed by atoms with Crippen LogP contribution in [0.5, 0.6) is 5.75 Å². The molecular weight excluding hydrogens is 347 g/mol. The molecule has 0 aromatic heterocycles. The minimum absolute atomic E-state index is 0.217. The van der Waals surface area contributed by atoms with E-state index in [1.54, 1.807) is 25.2 Å². The van der Waals surface area contributed by atoms with Crippen LogP contribution in [0.2, 0.25) is 0 Å². The SMILES string of the molecule is CCC(CCNC(=NC)NCC(C)Oc1ccccc1F)N1CCCC1=O. The van der Waals surface area contributed by atoms with E-state index in [2.05, 4.69) is 22.5 Å². The van der Waals surface area contributed by atoms with E-state index in [9.17, 15) is 9.18 Å². The number of nitrogens with one attached hydrogen (secondary N) is 2. The lowest BCUT2D eigenvalue weighted by Crippen LogP contribution is -2.44. The molecule has 1 aromatic carbocycles. The highest BCUT2D eigenvalue weighted by Crippen LogP contribution is 2.18. The molecule has 1 aromatic rings. The number of rotatable bonds is 9. The molecule has 0 radical (unpaired) electrons. The Labute approximate surface area is 161 Å². The first-order chi connectivity index (χ1) is 13.0. The molecule has 1 aliphatic heterocycles. The van der Waals surface area contributed by atoms with Crippen molar-refractivity contribution < 1.29 is 13.9 Å². The standard InChI is InChI=1S/C20H31FN4O2/c1-4-16(25-13-7-10-19(25)26)11-12-23-20(22-3)24-14-15(2)27-18-9-6-5-8-17(18)21/h5-6,8-9,15-16H,4,7,10-14H2,1-3H3,(H2,22,23,24). The molecule has 2 atom stereocenters. The molecule has 1 saturated heterocycles. The molecule has 2 N–H and O–H groups in total. The van der Waals surface area contributed by atoms with Gasteiger partial charge in [0.05, 0.1) is 6.54 Å².